The van der Waals surface area contributed by atoms with Crippen LogP contribution in [0.5, 0.6) is 0 Å². The van der Waals surface area contributed by atoms with Gasteiger partial charge in [-0.1, -0.05) is 77.1 Å². The quantitative estimate of drug-likeness (QED) is 0.589. The fourth-order valence-electron chi connectivity index (χ4n) is 2.36. The van der Waals surface area contributed by atoms with Crippen molar-refractivity contribution in [3.63, 3.8) is 0 Å². The van der Waals surface area contributed by atoms with Crippen molar-refractivity contribution in [2.24, 2.45) is 11.3 Å². The molecule has 0 bridgehead atoms. The van der Waals surface area contributed by atoms with E-state index >= 15 is 0 Å². The van der Waals surface area contributed by atoms with Gasteiger partial charge in [-0.25, -0.2) is 4.39 Å². The van der Waals surface area contributed by atoms with Crippen molar-refractivity contribution in [3.8, 4) is 0 Å². The van der Waals surface area contributed by atoms with Gasteiger partial charge in [-0.15, -0.1) is 0 Å². The molecule has 0 heterocycles. The molecule has 0 saturated heterocycles. The summed E-state index contributed by atoms with van der Waals surface area (Å²) in [4.78, 5) is 0. The Morgan fingerprint density at radius 2 is 1.48 bits per heavy atom. The van der Waals surface area contributed by atoms with Crippen LogP contribution in [0, 0.1) is 17.2 Å². The van der Waals surface area contributed by atoms with Gasteiger partial charge in [0.1, 0.15) is 5.82 Å². The Morgan fingerprint density at radius 1 is 0.870 bits per heavy atom. The number of hydrogen-bond donors (Lipinski definition) is 0. The van der Waals surface area contributed by atoms with Crippen LogP contribution in [-0.2, 0) is 12.8 Å². The van der Waals surface area contributed by atoms with Crippen LogP contribution in [0.2, 0.25) is 0 Å². The van der Waals surface area contributed by atoms with Crippen LogP contribution in [0.3, 0.4) is 0 Å². The average molecular weight is 314 g/mol. The Bertz CT molecular complexity index is 550. The van der Waals surface area contributed by atoms with E-state index in [1.807, 2.05) is 6.07 Å². The normalized spacial score (nSPS) is 11.1. The van der Waals surface area contributed by atoms with E-state index in [1.165, 1.54) is 11.6 Å². The second-order valence-corrected chi connectivity index (χ2v) is 7.79. The summed E-state index contributed by atoms with van der Waals surface area (Å²) in [7, 11) is 0. The minimum atomic E-state index is -0.128. The predicted molar refractivity (Wildman–Crippen MR) is 99.2 cm³/mol. The number of aryl methyl sites for hydroxylation is 1. The zero-order chi connectivity index (χ0) is 17.3. The maximum absolute atomic E-state index is 12.7. The van der Waals surface area contributed by atoms with E-state index in [1.54, 1.807) is 12.1 Å². The molecule has 23 heavy (non-hydrogen) atoms. The Balaban J connectivity index is 0.000000231. The molecule has 1 heteroatoms. The SMILES string of the molecule is CC(C)(C)Cc1ccccc1.CC(C)CCc1cccc(F)c1. The molecule has 0 radical (unpaired) electrons. The first kappa shape index (κ1) is 19.4. The Morgan fingerprint density at radius 3 is 2.00 bits per heavy atom. The molecule has 0 unspecified atom stereocenters. The van der Waals surface area contributed by atoms with Crippen molar-refractivity contribution in [2.75, 3.05) is 0 Å². The third kappa shape index (κ3) is 9.89. The maximum atomic E-state index is 12.7. The molecule has 0 spiro atoms. The van der Waals surface area contributed by atoms with E-state index in [2.05, 4.69) is 65.0 Å². The van der Waals surface area contributed by atoms with E-state index in [0.717, 1.165) is 24.8 Å². The number of rotatable bonds is 4. The lowest BCUT2D eigenvalue weighted by molar-refractivity contribution is 0.411. The molecule has 0 aliphatic heterocycles. The Kier molecular flexibility index (Phi) is 8.02. The molecule has 0 amide bonds. The van der Waals surface area contributed by atoms with Crippen molar-refractivity contribution < 1.29 is 4.39 Å². The van der Waals surface area contributed by atoms with Gasteiger partial charge in [-0.3, -0.25) is 0 Å². The average Bonchev–Trinajstić information content (AvgIpc) is 2.45. The molecule has 0 N–H and O–H groups in total. The fourth-order valence-corrected chi connectivity index (χ4v) is 2.36. The number of hydrogen-bond acceptors (Lipinski definition) is 0. The molecule has 126 valence electrons. The van der Waals surface area contributed by atoms with E-state index in [9.17, 15) is 4.39 Å². The van der Waals surface area contributed by atoms with Crippen LogP contribution < -0.4 is 0 Å². The molecule has 0 aliphatic rings. The molecule has 2 rings (SSSR count). The molecule has 0 aromatic heterocycles. The minimum Gasteiger partial charge on any atom is -0.207 e. The minimum absolute atomic E-state index is 0.128. The second-order valence-electron chi connectivity index (χ2n) is 7.79. The van der Waals surface area contributed by atoms with Gasteiger partial charge in [0.05, 0.1) is 0 Å². The van der Waals surface area contributed by atoms with Crippen LogP contribution in [0.4, 0.5) is 4.39 Å². The lowest BCUT2D eigenvalue weighted by Gasteiger charge is -2.17. The molecule has 0 aliphatic carbocycles. The van der Waals surface area contributed by atoms with Crippen LogP contribution in [0.15, 0.2) is 54.6 Å². The van der Waals surface area contributed by atoms with Crippen molar-refractivity contribution in [3.05, 3.63) is 71.5 Å². The topological polar surface area (TPSA) is 0 Å². The van der Waals surface area contributed by atoms with E-state index in [4.69, 9.17) is 0 Å². The van der Waals surface area contributed by atoms with Crippen LogP contribution >= 0.6 is 0 Å². The molecule has 2 aromatic rings. The first-order chi connectivity index (χ1) is 10.8. The lowest BCUT2D eigenvalue weighted by Crippen LogP contribution is -2.08. The summed E-state index contributed by atoms with van der Waals surface area (Å²) in [5.74, 6) is 0.560. The molecule has 0 nitrogen and oxygen atoms in total. The Labute approximate surface area is 141 Å². The lowest BCUT2D eigenvalue weighted by atomic mass is 9.88. The van der Waals surface area contributed by atoms with Crippen molar-refractivity contribution >= 4 is 0 Å². The van der Waals surface area contributed by atoms with Gasteiger partial charge in [0.25, 0.3) is 0 Å². The highest BCUT2D eigenvalue weighted by atomic mass is 19.1. The van der Waals surface area contributed by atoms with Crippen molar-refractivity contribution in [1.82, 2.24) is 0 Å². The second kappa shape index (κ2) is 9.50. The fraction of sp³-hybridized carbons (Fsp3) is 0.455. The smallest absolute Gasteiger partial charge is 0.123 e. The first-order valence-electron chi connectivity index (χ1n) is 8.54. The third-order valence-corrected chi connectivity index (χ3v) is 3.48. The largest absolute Gasteiger partial charge is 0.207 e. The van der Waals surface area contributed by atoms with E-state index < -0.39 is 0 Å². The highest BCUT2D eigenvalue weighted by molar-refractivity contribution is 5.16. The highest BCUT2D eigenvalue weighted by Crippen LogP contribution is 2.19. The monoisotopic (exact) mass is 314 g/mol. The van der Waals surface area contributed by atoms with Gasteiger partial charge in [0.2, 0.25) is 0 Å². The van der Waals surface area contributed by atoms with Gasteiger partial charge in [-0.2, -0.15) is 0 Å². The molecular weight excluding hydrogens is 283 g/mol. The third-order valence-electron chi connectivity index (χ3n) is 3.48. The maximum Gasteiger partial charge on any atom is 0.123 e. The van der Waals surface area contributed by atoms with Crippen molar-refractivity contribution in [1.29, 1.82) is 0 Å². The van der Waals surface area contributed by atoms with Crippen LogP contribution in [0.1, 0.15) is 52.2 Å². The van der Waals surface area contributed by atoms with E-state index in [-0.39, 0.29) is 5.82 Å². The molecule has 2 aromatic carbocycles. The predicted octanol–water partition coefficient (Wildman–Crippen LogP) is 6.69. The molecular formula is C22H31F. The summed E-state index contributed by atoms with van der Waals surface area (Å²) in [6.45, 7) is 11.2. The van der Waals surface area contributed by atoms with Crippen LogP contribution in [0.25, 0.3) is 0 Å². The van der Waals surface area contributed by atoms with Gasteiger partial charge in [0.15, 0.2) is 0 Å². The summed E-state index contributed by atoms with van der Waals surface area (Å²) in [5, 5.41) is 0. The molecule has 0 saturated carbocycles. The molecule has 0 atom stereocenters. The highest BCUT2D eigenvalue weighted by Gasteiger charge is 2.09. The molecule has 0 fully saturated rings. The standard InChI is InChI=1S/C11H15F.C11H16/c1-9(2)6-7-10-4-3-5-11(12)8-10;1-11(2,3)9-10-7-5-4-6-8-10/h3-5,8-9H,6-7H2,1-2H3;4-8H,9H2,1-3H3. The number of benzene rings is 2. The Hall–Kier alpha value is -1.63. The van der Waals surface area contributed by atoms with Crippen molar-refractivity contribution in [2.45, 2.75) is 53.9 Å². The zero-order valence-corrected chi connectivity index (χ0v) is 15.3. The van der Waals surface area contributed by atoms with Crippen LogP contribution in [-0.4, -0.2) is 0 Å². The summed E-state index contributed by atoms with van der Waals surface area (Å²) in [5.41, 5.74) is 2.94. The number of halogens is 1. The van der Waals surface area contributed by atoms with Gasteiger partial charge in [-0.05, 0) is 53.9 Å². The first-order valence-corrected chi connectivity index (χ1v) is 8.54. The van der Waals surface area contributed by atoms with Gasteiger partial charge in [0, 0.05) is 0 Å². The van der Waals surface area contributed by atoms with Gasteiger partial charge < -0.3 is 0 Å². The van der Waals surface area contributed by atoms with E-state index in [0.29, 0.717) is 11.3 Å². The summed E-state index contributed by atoms with van der Waals surface area (Å²) >= 11 is 0. The summed E-state index contributed by atoms with van der Waals surface area (Å²) < 4.78 is 12.7. The zero-order valence-electron chi connectivity index (χ0n) is 15.3. The van der Waals surface area contributed by atoms with Gasteiger partial charge >= 0.3 is 0 Å². The summed E-state index contributed by atoms with van der Waals surface area (Å²) in [6.07, 6.45) is 3.27. The summed E-state index contributed by atoms with van der Waals surface area (Å²) in [6, 6.07) is 17.5.